The summed E-state index contributed by atoms with van der Waals surface area (Å²) in [6.07, 6.45) is 0. The highest BCUT2D eigenvalue weighted by atomic mass is 32.2. The maximum Gasteiger partial charge on any atom is 0.0381 e. The Hall–Kier alpha value is 0.240. The number of halogens is 1. The Balaban J connectivity index is 0.000000291. The summed E-state index contributed by atoms with van der Waals surface area (Å²) >= 11 is 1.82. The fourth-order valence-electron chi connectivity index (χ4n) is 0.541. The number of hydrogen-bond acceptors (Lipinski definition) is 2. The van der Waals surface area contributed by atoms with Crippen molar-refractivity contribution in [2.75, 3.05) is 24.6 Å². The van der Waals surface area contributed by atoms with Gasteiger partial charge >= 0.3 is 0 Å². The first-order chi connectivity index (χ1) is 4.39. The van der Waals surface area contributed by atoms with Crippen molar-refractivity contribution in [3.8, 4) is 0 Å². The van der Waals surface area contributed by atoms with E-state index in [1.165, 1.54) is 0 Å². The van der Waals surface area contributed by atoms with Crippen molar-refractivity contribution in [2.45, 2.75) is 13.8 Å². The van der Waals surface area contributed by atoms with Crippen molar-refractivity contribution in [1.82, 2.24) is 5.12 Å². The third kappa shape index (κ3) is 4.73. The molecule has 1 saturated heterocycles. The molecule has 9 heavy (non-hydrogen) atoms. The van der Waals surface area contributed by atoms with Crippen molar-refractivity contribution >= 4 is 11.8 Å². The SMILES string of the molecule is CC.FN1CCSCC1. The standard InChI is InChI=1S/C4H8FNS.C2H6/c5-6-1-3-7-4-2-6;1-2/h1-4H2;1-2H3. The largest absolute Gasteiger partial charge is 0.159 e. The zero-order valence-corrected chi connectivity index (χ0v) is 6.88. The average molecular weight is 151 g/mol. The lowest BCUT2D eigenvalue weighted by atomic mass is 10.6. The molecule has 0 aromatic rings. The van der Waals surface area contributed by atoms with E-state index in [0.29, 0.717) is 13.1 Å². The highest BCUT2D eigenvalue weighted by Gasteiger charge is 2.06. The van der Waals surface area contributed by atoms with E-state index in [0.717, 1.165) is 16.6 Å². The van der Waals surface area contributed by atoms with Gasteiger partial charge < -0.3 is 0 Å². The molecule has 0 aromatic carbocycles. The number of hydrogen-bond donors (Lipinski definition) is 0. The van der Waals surface area contributed by atoms with Crippen LogP contribution >= 0.6 is 11.8 Å². The van der Waals surface area contributed by atoms with Crippen LogP contribution in [0.15, 0.2) is 0 Å². The van der Waals surface area contributed by atoms with Crippen LogP contribution in [0.25, 0.3) is 0 Å². The molecule has 0 aliphatic carbocycles. The molecule has 0 aromatic heterocycles. The van der Waals surface area contributed by atoms with Gasteiger partial charge in [0.05, 0.1) is 0 Å². The van der Waals surface area contributed by atoms with Crippen molar-refractivity contribution in [1.29, 1.82) is 0 Å². The van der Waals surface area contributed by atoms with Crippen LogP contribution in [-0.2, 0) is 0 Å². The van der Waals surface area contributed by atoms with Crippen molar-refractivity contribution in [3.63, 3.8) is 0 Å². The zero-order chi connectivity index (χ0) is 7.11. The minimum Gasteiger partial charge on any atom is -0.159 e. The molecule has 0 N–H and O–H groups in total. The molecule has 3 heteroatoms. The summed E-state index contributed by atoms with van der Waals surface area (Å²) in [6, 6.07) is 0. The van der Waals surface area contributed by atoms with Gasteiger partial charge in [-0.3, -0.25) is 0 Å². The summed E-state index contributed by atoms with van der Waals surface area (Å²) in [4.78, 5) is 0. The molecule has 0 unspecified atom stereocenters. The quantitative estimate of drug-likeness (QED) is 0.487. The van der Waals surface area contributed by atoms with E-state index >= 15 is 0 Å². The minimum atomic E-state index is 0.616. The molecular weight excluding hydrogens is 137 g/mol. The van der Waals surface area contributed by atoms with Crippen LogP contribution in [0.1, 0.15) is 13.8 Å². The highest BCUT2D eigenvalue weighted by molar-refractivity contribution is 7.99. The fourth-order valence-corrected chi connectivity index (χ4v) is 1.40. The monoisotopic (exact) mass is 151 g/mol. The molecular formula is C6H14FNS. The van der Waals surface area contributed by atoms with Crippen LogP contribution in [0.4, 0.5) is 4.48 Å². The molecule has 1 rings (SSSR count). The summed E-state index contributed by atoms with van der Waals surface area (Å²) in [6.45, 7) is 5.23. The molecule has 1 heterocycles. The molecule has 1 fully saturated rings. The Labute approximate surface area is 60.5 Å². The number of thioether (sulfide) groups is 1. The van der Waals surface area contributed by atoms with E-state index in [4.69, 9.17) is 0 Å². The summed E-state index contributed by atoms with van der Waals surface area (Å²) in [5.41, 5.74) is 0. The smallest absolute Gasteiger partial charge is 0.0381 e. The summed E-state index contributed by atoms with van der Waals surface area (Å²) < 4.78 is 12.0. The zero-order valence-electron chi connectivity index (χ0n) is 6.06. The van der Waals surface area contributed by atoms with Gasteiger partial charge in [0.15, 0.2) is 0 Å². The third-order valence-corrected chi connectivity index (χ3v) is 1.90. The van der Waals surface area contributed by atoms with Gasteiger partial charge in [0, 0.05) is 24.6 Å². The second-order valence-corrected chi connectivity index (χ2v) is 2.75. The van der Waals surface area contributed by atoms with E-state index in [1.54, 1.807) is 0 Å². The molecule has 1 aliphatic rings. The second kappa shape index (κ2) is 6.36. The van der Waals surface area contributed by atoms with Gasteiger partial charge in [-0.15, -0.1) is 9.60 Å². The van der Waals surface area contributed by atoms with E-state index in [2.05, 4.69) is 0 Å². The molecule has 0 spiro atoms. The van der Waals surface area contributed by atoms with Crippen molar-refractivity contribution in [2.24, 2.45) is 0 Å². The maximum atomic E-state index is 12.0. The summed E-state index contributed by atoms with van der Waals surface area (Å²) in [7, 11) is 0. The Kier molecular flexibility index (Phi) is 6.53. The van der Waals surface area contributed by atoms with Crippen LogP contribution in [-0.4, -0.2) is 29.7 Å². The Morgan fingerprint density at radius 2 is 1.67 bits per heavy atom. The predicted octanol–water partition coefficient (Wildman–Crippen LogP) is 1.95. The number of rotatable bonds is 0. The average Bonchev–Trinajstić information content (AvgIpc) is 1.94. The first-order valence-electron chi connectivity index (χ1n) is 3.38. The predicted molar refractivity (Wildman–Crippen MR) is 41.4 cm³/mol. The Bertz CT molecular complexity index is 55.0. The molecule has 56 valence electrons. The number of nitrogens with zero attached hydrogens (tertiary/aromatic N) is 1. The topological polar surface area (TPSA) is 3.24 Å². The van der Waals surface area contributed by atoms with Crippen LogP contribution in [0.2, 0.25) is 0 Å². The lowest BCUT2D eigenvalue weighted by Crippen LogP contribution is -2.24. The fraction of sp³-hybridized carbons (Fsp3) is 1.00. The lowest BCUT2D eigenvalue weighted by molar-refractivity contribution is 0.0386. The van der Waals surface area contributed by atoms with Gasteiger partial charge in [-0.2, -0.15) is 11.8 Å². The summed E-state index contributed by atoms with van der Waals surface area (Å²) in [5, 5.41) is 0.872. The highest BCUT2D eigenvalue weighted by Crippen LogP contribution is 2.07. The second-order valence-electron chi connectivity index (χ2n) is 1.52. The van der Waals surface area contributed by atoms with E-state index in [1.807, 2.05) is 25.6 Å². The van der Waals surface area contributed by atoms with Gasteiger partial charge in [-0.05, 0) is 0 Å². The lowest BCUT2D eigenvalue weighted by Gasteiger charge is -2.15. The van der Waals surface area contributed by atoms with Gasteiger partial charge in [-0.1, -0.05) is 13.8 Å². The minimum absolute atomic E-state index is 0.616. The van der Waals surface area contributed by atoms with E-state index < -0.39 is 0 Å². The van der Waals surface area contributed by atoms with Gasteiger partial charge in [-0.25, -0.2) is 0 Å². The van der Waals surface area contributed by atoms with Gasteiger partial charge in [0.25, 0.3) is 0 Å². The van der Waals surface area contributed by atoms with Gasteiger partial charge in [0.1, 0.15) is 0 Å². The summed E-state index contributed by atoms with van der Waals surface area (Å²) in [5.74, 6) is 1.91. The Morgan fingerprint density at radius 3 is 1.89 bits per heavy atom. The molecule has 0 atom stereocenters. The van der Waals surface area contributed by atoms with Crippen molar-refractivity contribution < 1.29 is 4.48 Å². The van der Waals surface area contributed by atoms with Crippen molar-refractivity contribution in [3.05, 3.63) is 0 Å². The molecule has 0 bridgehead atoms. The van der Waals surface area contributed by atoms with E-state index in [-0.39, 0.29) is 0 Å². The normalized spacial score (nSPS) is 20.3. The molecule has 1 aliphatic heterocycles. The molecule has 1 nitrogen and oxygen atoms in total. The van der Waals surface area contributed by atoms with Crippen LogP contribution in [0, 0.1) is 0 Å². The van der Waals surface area contributed by atoms with Crippen LogP contribution in [0.3, 0.4) is 0 Å². The molecule has 0 amide bonds. The maximum absolute atomic E-state index is 12.0. The van der Waals surface area contributed by atoms with Crippen LogP contribution in [0.5, 0.6) is 0 Å². The molecule has 0 radical (unpaired) electrons. The van der Waals surface area contributed by atoms with E-state index in [9.17, 15) is 4.48 Å². The molecule has 0 saturated carbocycles. The first kappa shape index (κ1) is 9.24. The van der Waals surface area contributed by atoms with Gasteiger partial charge in [0.2, 0.25) is 0 Å². The third-order valence-electron chi connectivity index (χ3n) is 0.957. The van der Waals surface area contributed by atoms with Crippen LogP contribution < -0.4 is 0 Å². The first-order valence-corrected chi connectivity index (χ1v) is 4.53. The Morgan fingerprint density at radius 1 is 1.22 bits per heavy atom.